The van der Waals surface area contributed by atoms with Crippen LogP contribution in [0, 0.1) is 18.2 Å². The number of nitrogens with one attached hydrogen (secondary N) is 3. The highest BCUT2D eigenvalue weighted by Gasteiger charge is 2.30. The fourth-order valence-electron chi connectivity index (χ4n) is 4.63. The van der Waals surface area contributed by atoms with E-state index < -0.39 is 11.9 Å². The molecule has 1 unspecified atom stereocenters. The van der Waals surface area contributed by atoms with E-state index in [4.69, 9.17) is 11.1 Å². The monoisotopic (exact) mass is 602 g/mol. The number of carbonyl (C=O) groups excluding carboxylic acids is 2. The molecule has 11 nitrogen and oxygen atoms in total. The number of anilines is 2. The molecule has 12 heteroatoms. The Kier molecular flexibility index (Phi) is 12.2. The maximum atomic E-state index is 13.1. The molecule has 44 heavy (non-hydrogen) atoms. The van der Waals surface area contributed by atoms with Gasteiger partial charge in [0.1, 0.15) is 29.2 Å². The molecule has 0 saturated carbocycles. The minimum atomic E-state index is -0.527. The topological polar surface area (TPSA) is 168 Å². The van der Waals surface area contributed by atoms with Crippen LogP contribution < -0.4 is 21.9 Å². The van der Waals surface area contributed by atoms with Crippen LogP contribution in [0.15, 0.2) is 58.1 Å². The van der Waals surface area contributed by atoms with Gasteiger partial charge < -0.3 is 16.4 Å². The van der Waals surface area contributed by atoms with E-state index in [0.717, 1.165) is 36.0 Å². The van der Waals surface area contributed by atoms with Crippen molar-refractivity contribution in [1.82, 2.24) is 19.9 Å². The molecule has 1 aliphatic heterocycles. The zero-order chi connectivity index (χ0) is 32.2. The van der Waals surface area contributed by atoms with Crippen molar-refractivity contribution >= 4 is 41.3 Å². The highest BCUT2D eigenvalue weighted by molar-refractivity contribution is 6.30. The van der Waals surface area contributed by atoms with Crippen LogP contribution in [-0.2, 0) is 16.0 Å². The Labute approximate surface area is 256 Å². The quantitative estimate of drug-likeness (QED) is 0.153. The number of benzene rings is 1. The van der Waals surface area contributed by atoms with Crippen molar-refractivity contribution in [2.75, 3.05) is 24.6 Å². The Hall–Kier alpha value is -5.00. The number of nitrogens with zero attached hydrogens (tertiary/aromatic N) is 4. The zero-order valence-electron chi connectivity index (χ0n) is 25.5. The van der Waals surface area contributed by atoms with Crippen LogP contribution >= 0.6 is 0 Å². The number of aliphatic imine (C=N–C) groups is 1. The first kappa shape index (κ1) is 33.5. The van der Waals surface area contributed by atoms with Gasteiger partial charge in [0.25, 0.3) is 5.56 Å². The molecule has 2 aromatic heterocycles. The molecule has 5 N–H and O–H groups in total. The molecule has 0 bridgehead atoms. The zero-order valence-corrected chi connectivity index (χ0v) is 25.5. The van der Waals surface area contributed by atoms with Crippen molar-refractivity contribution in [2.24, 2.45) is 4.99 Å². The fraction of sp³-hybridized carbons (Fsp3) is 0.344. The van der Waals surface area contributed by atoms with Gasteiger partial charge in [0, 0.05) is 26.2 Å². The number of aldehydes is 1. The molecule has 3 heterocycles. The van der Waals surface area contributed by atoms with Crippen molar-refractivity contribution in [3.05, 3.63) is 87.0 Å². The molecule has 232 valence electrons. The smallest absolute Gasteiger partial charge is 0.277 e. The summed E-state index contributed by atoms with van der Waals surface area (Å²) < 4.78 is 14.6. The number of carbonyl (C=O) groups is 2. The molecule has 1 aliphatic rings. The highest BCUT2D eigenvalue weighted by atomic mass is 19.1. The summed E-state index contributed by atoms with van der Waals surface area (Å²) in [6.45, 7) is 6.03. The summed E-state index contributed by atoms with van der Waals surface area (Å²) in [6.07, 6.45) is 10.1. The number of aryl methyl sites for hydroxylation is 2. The Bertz CT molecular complexity index is 1630. The minimum Gasteiger partial charge on any atom is -0.384 e. The SMILES string of the molecule is CC(C=O)=NC(=N)c1ccccc1F.CCCC/C(=C\c1cnc(N)cc1C)CNC(=O)C1CCc2ncc(NC)c(=O)n21. The lowest BCUT2D eigenvalue weighted by molar-refractivity contribution is -0.124. The Balaban J connectivity index is 0.000000317. The second-order valence-electron chi connectivity index (χ2n) is 10.4. The maximum absolute atomic E-state index is 13.1. The molecule has 0 fully saturated rings. The van der Waals surface area contributed by atoms with E-state index in [1.54, 1.807) is 19.3 Å². The number of hydrogen-bond acceptors (Lipinski definition) is 8. The van der Waals surface area contributed by atoms with Crippen molar-refractivity contribution < 1.29 is 14.0 Å². The van der Waals surface area contributed by atoms with Crippen molar-refractivity contribution in [1.29, 1.82) is 5.41 Å². The van der Waals surface area contributed by atoms with Crippen LogP contribution in [-0.4, -0.2) is 51.9 Å². The number of halogens is 1. The maximum Gasteiger partial charge on any atom is 0.277 e. The van der Waals surface area contributed by atoms with E-state index in [1.165, 1.54) is 35.9 Å². The fourth-order valence-corrected chi connectivity index (χ4v) is 4.63. The summed E-state index contributed by atoms with van der Waals surface area (Å²) in [6, 6.07) is 7.15. The van der Waals surface area contributed by atoms with Crippen molar-refractivity contribution in [3.8, 4) is 0 Å². The lowest BCUT2D eigenvalue weighted by Gasteiger charge is -2.16. The lowest BCUT2D eigenvalue weighted by Crippen LogP contribution is -2.37. The molecule has 0 radical (unpaired) electrons. The first-order valence-corrected chi connectivity index (χ1v) is 14.4. The van der Waals surface area contributed by atoms with Crippen LogP contribution in [0.3, 0.4) is 0 Å². The molecule has 0 saturated heterocycles. The van der Waals surface area contributed by atoms with Gasteiger partial charge in [0.2, 0.25) is 5.91 Å². The average Bonchev–Trinajstić information content (AvgIpc) is 3.45. The predicted molar refractivity (Wildman–Crippen MR) is 172 cm³/mol. The predicted octanol–water partition coefficient (Wildman–Crippen LogP) is 4.26. The van der Waals surface area contributed by atoms with Gasteiger partial charge in [-0.05, 0) is 62.4 Å². The highest BCUT2D eigenvalue weighted by Crippen LogP contribution is 2.23. The number of nitrogen functional groups attached to an aromatic ring is 1. The third-order valence-electron chi connectivity index (χ3n) is 7.06. The largest absolute Gasteiger partial charge is 0.384 e. The number of hydrogen-bond donors (Lipinski definition) is 4. The van der Waals surface area contributed by atoms with E-state index in [1.807, 2.05) is 13.0 Å². The molecule has 3 aromatic rings. The molecule has 1 amide bonds. The van der Waals surface area contributed by atoms with Gasteiger partial charge in [-0.15, -0.1) is 0 Å². The Morgan fingerprint density at radius 1 is 1.27 bits per heavy atom. The van der Waals surface area contributed by atoms with Gasteiger partial charge >= 0.3 is 0 Å². The molecule has 4 rings (SSSR count). The second kappa shape index (κ2) is 16.0. The Morgan fingerprint density at radius 3 is 2.68 bits per heavy atom. The van der Waals surface area contributed by atoms with Crippen LogP contribution in [0.5, 0.6) is 0 Å². The number of unbranched alkanes of at least 4 members (excludes halogenated alkanes) is 1. The van der Waals surface area contributed by atoms with E-state index in [0.29, 0.717) is 43.0 Å². The number of rotatable bonds is 10. The molecule has 1 atom stereocenters. The number of aromatic nitrogens is 3. The van der Waals surface area contributed by atoms with Crippen LogP contribution in [0.2, 0.25) is 0 Å². The van der Waals surface area contributed by atoms with E-state index in [-0.39, 0.29) is 28.6 Å². The van der Waals surface area contributed by atoms with Gasteiger partial charge in [-0.2, -0.15) is 0 Å². The molecule has 0 spiro atoms. The van der Waals surface area contributed by atoms with Crippen LogP contribution in [0.4, 0.5) is 15.9 Å². The molecular formula is C32H39FN8O3. The number of amidine groups is 1. The van der Waals surface area contributed by atoms with Gasteiger partial charge in [-0.3, -0.25) is 24.4 Å². The van der Waals surface area contributed by atoms with E-state index in [2.05, 4.69) is 38.6 Å². The standard InChI is InChI=1S/C22H30N6O2.C10H9FN2O/c1-4-5-6-15(10-16-12-25-19(23)9-14(16)2)11-27-21(29)18-7-8-20-26-13-17(24-3)22(30)28(18)20;1-7(6-14)13-10(12)8-4-2-3-5-9(8)11/h9-10,12-13,18,24H,4-8,11H2,1-3H3,(H2,23,25)(H,27,29);2-6,12H,1H3/b15-10+;. The van der Waals surface area contributed by atoms with E-state index >= 15 is 0 Å². The van der Waals surface area contributed by atoms with Gasteiger partial charge in [0.15, 0.2) is 12.1 Å². The van der Waals surface area contributed by atoms with Crippen LogP contribution in [0.1, 0.15) is 68.1 Å². The van der Waals surface area contributed by atoms with Crippen molar-refractivity contribution in [2.45, 2.75) is 58.9 Å². The summed E-state index contributed by atoms with van der Waals surface area (Å²) in [5.41, 5.74) is 9.35. The van der Waals surface area contributed by atoms with Gasteiger partial charge in [-0.1, -0.05) is 37.1 Å². The summed E-state index contributed by atoms with van der Waals surface area (Å²) in [4.78, 5) is 47.9. The van der Waals surface area contributed by atoms with Gasteiger partial charge in [0.05, 0.1) is 17.5 Å². The first-order valence-electron chi connectivity index (χ1n) is 14.4. The summed E-state index contributed by atoms with van der Waals surface area (Å²) in [7, 11) is 1.67. The van der Waals surface area contributed by atoms with Crippen molar-refractivity contribution in [3.63, 3.8) is 0 Å². The number of nitrogens with two attached hydrogens (primary N) is 1. The normalized spacial score (nSPS) is 14.2. The molecular weight excluding hydrogens is 563 g/mol. The number of amides is 1. The summed E-state index contributed by atoms with van der Waals surface area (Å²) >= 11 is 0. The van der Waals surface area contributed by atoms with Crippen LogP contribution in [0.25, 0.3) is 6.08 Å². The van der Waals surface area contributed by atoms with E-state index in [9.17, 15) is 18.8 Å². The number of pyridine rings is 1. The first-order chi connectivity index (χ1) is 21.1. The summed E-state index contributed by atoms with van der Waals surface area (Å²) in [5.74, 6) is 0.241. The van der Waals surface area contributed by atoms with Gasteiger partial charge in [-0.25, -0.2) is 19.4 Å². The third-order valence-corrected chi connectivity index (χ3v) is 7.06. The lowest BCUT2D eigenvalue weighted by atomic mass is 10.0. The average molecular weight is 603 g/mol. The summed E-state index contributed by atoms with van der Waals surface area (Å²) in [5, 5.41) is 13.3. The number of fused-ring (bicyclic) bond motifs is 1. The minimum absolute atomic E-state index is 0.0914. The molecule has 0 aliphatic carbocycles. The Morgan fingerprint density at radius 2 is 2.02 bits per heavy atom. The second-order valence-corrected chi connectivity index (χ2v) is 10.4. The third kappa shape index (κ3) is 8.76. The molecule has 1 aromatic carbocycles.